The quantitative estimate of drug-likeness (QED) is 0.855. The van der Waals surface area contributed by atoms with Crippen LogP contribution < -0.4 is 10.5 Å². The lowest BCUT2D eigenvalue weighted by atomic mass is 9.92. The van der Waals surface area contributed by atoms with Gasteiger partial charge in [-0.1, -0.05) is 49.1 Å². The summed E-state index contributed by atoms with van der Waals surface area (Å²) in [6.45, 7) is 12.2. The van der Waals surface area contributed by atoms with Crippen LogP contribution in [0.3, 0.4) is 0 Å². The second-order valence-electron chi connectivity index (χ2n) is 6.97. The molecule has 0 amide bonds. The topological polar surface area (TPSA) is 21.3 Å². The maximum atomic E-state index is 5.43. The number of rotatable bonds is 4. The Morgan fingerprint density at radius 3 is 2.21 bits per heavy atom. The monoisotopic (exact) mass is 277 g/mol. The van der Waals surface area contributed by atoms with Gasteiger partial charge < -0.3 is 10.1 Å². The van der Waals surface area contributed by atoms with E-state index in [1.165, 1.54) is 10.8 Å². The molecule has 0 unspecified atom stereocenters. The first-order valence-corrected chi connectivity index (χ1v) is 10.8. The molecule has 1 aromatic rings. The number of hydrogen-bond donors (Lipinski definition) is 1. The molecule has 1 saturated heterocycles. The molecule has 0 aromatic heterocycles. The lowest BCUT2D eigenvalue weighted by molar-refractivity contribution is 0.0446. The van der Waals surface area contributed by atoms with Crippen molar-refractivity contribution in [1.29, 1.82) is 0 Å². The minimum Gasteiger partial charge on any atom is -0.381 e. The highest BCUT2D eigenvalue weighted by atomic mass is 28.3. The molecule has 3 heteroatoms. The zero-order chi connectivity index (χ0) is 13.9. The summed E-state index contributed by atoms with van der Waals surface area (Å²) in [5.74, 6) is 0. The molecule has 2 nitrogen and oxygen atoms in total. The molecule has 0 bridgehead atoms. The second-order valence-corrected chi connectivity index (χ2v) is 12.1. The van der Waals surface area contributed by atoms with E-state index in [0.29, 0.717) is 0 Å². The summed E-state index contributed by atoms with van der Waals surface area (Å²) in [5.41, 5.74) is 1.63. The van der Waals surface area contributed by atoms with Crippen molar-refractivity contribution in [3.8, 4) is 0 Å². The van der Waals surface area contributed by atoms with Gasteiger partial charge in [0.15, 0.2) is 0 Å². The van der Waals surface area contributed by atoms with Crippen LogP contribution in [0, 0.1) is 0 Å². The fourth-order valence-electron chi connectivity index (χ4n) is 2.44. The summed E-state index contributed by atoms with van der Waals surface area (Å²) in [4.78, 5) is 0. The van der Waals surface area contributed by atoms with E-state index in [-0.39, 0.29) is 5.54 Å². The average Bonchev–Trinajstić information content (AvgIpc) is 2.37. The van der Waals surface area contributed by atoms with Crippen LogP contribution in [0.2, 0.25) is 19.6 Å². The van der Waals surface area contributed by atoms with Gasteiger partial charge in [0.25, 0.3) is 0 Å². The third-order valence-electron chi connectivity index (χ3n) is 4.14. The maximum Gasteiger partial charge on any atom is 0.0775 e. The SMILES string of the molecule is CC1(NCc2ccc([Si](C)(C)C)cc2)CCOCC1. The molecule has 0 atom stereocenters. The highest BCUT2D eigenvalue weighted by molar-refractivity contribution is 6.88. The molecule has 1 heterocycles. The molecule has 1 aliphatic heterocycles. The fraction of sp³-hybridized carbons (Fsp3) is 0.625. The third-order valence-corrected chi connectivity index (χ3v) is 6.20. The van der Waals surface area contributed by atoms with Crippen molar-refractivity contribution in [2.24, 2.45) is 0 Å². The zero-order valence-corrected chi connectivity index (χ0v) is 13.8. The molecule has 0 aliphatic carbocycles. The summed E-state index contributed by atoms with van der Waals surface area (Å²) < 4.78 is 5.43. The van der Waals surface area contributed by atoms with E-state index in [2.05, 4.69) is 56.1 Å². The van der Waals surface area contributed by atoms with Crippen LogP contribution in [0.15, 0.2) is 24.3 Å². The summed E-state index contributed by atoms with van der Waals surface area (Å²) in [5, 5.41) is 5.24. The van der Waals surface area contributed by atoms with E-state index in [9.17, 15) is 0 Å². The molecule has 0 radical (unpaired) electrons. The summed E-state index contributed by atoms with van der Waals surface area (Å²) in [6, 6.07) is 9.19. The van der Waals surface area contributed by atoms with E-state index in [4.69, 9.17) is 4.74 Å². The van der Waals surface area contributed by atoms with Gasteiger partial charge in [0.05, 0.1) is 8.07 Å². The first-order valence-electron chi connectivity index (χ1n) is 7.31. The Labute approximate surface area is 118 Å². The Hall–Kier alpha value is -0.643. The van der Waals surface area contributed by atoms with E-state index in [1.54, 1.807) is 0 Å². The van der Waals surface area contributed by atoms with Gasteiger partial charge in [-0.2, -0.15) is 0 Å². The van der Waals surface area contributed by atoms with Crippen LogP contribution in [0.4, 0.5) is 0 Å². The molecule has 1 aliphatic rings. The standard InChI is InChI=1S/C16H27NOSi/c1-16(9-11-18-12-10-16)17-13-14-5-7-15(8-6-14)19(2,3)4/h5-8,17H,9-13H2,1-4H3. The summed E-state index contributed by atoms with van der Waals surface area (Å²) in [6.07, 6.45) is 2.22. The Morgan fingerprint density at radius 2 is 1.68 bits per heavy atom. The van der Waals surface area contributed by atoms with Gasteiger partial charge in [-0.05, 0) is 25.3 Å². The first-order chi connectivity index (χ1) is 8.89. The molecule has 0 spiro atoms. The lowest BCUT2D eigenvalue weighted by Gasteiger charge is -2.34. The van der Waals surface area contributed by atoms with Crippen LogP contribution in [0.1, 0.15) is 25.3 Å². The molecule has 0 saturated carbocycles. The van der Waals surface area contributed by atoms with Gasteiger partial charge in [-0.3, -0.25) is 0 Å². The van der Waals surface area contributed by atoms with Crippen LogP contribution >= 0.6 is 0 Å². The van der Waals surface area contributed by atoms with Gasteiger partial charge in [0, 0.05) is 25.3 Å². The number of ether oxygens (including phenoxy) is 1. The van der Waals surface area contributed by atoms with Crippen molar-refractivity contribution >= 4 is 13.3 Å². The van der Waals surface area contributed by atoms with Gasteiger partial charge in [0.2, 0.25) is 0 Å². The molecule has 1 N–H and O–H groups in total. The fourth-order valence-corrected chi connectivity index (χ4v) is 3.60. The van der Waals surface area contributed by atoms with E-state index in [0.717, 1.165) is 32.6 Å². The molecule has 106 valence electrons. The number of hydrogen-bond acceptors (Lipinski definition) is 2. The lowest BCUT2D eigenvalue weighted by Crippen LogP contribution is -2.46. The van der Waals surface area contributed by atoms with E-state index < -0.39 is 8.07 Å². The van der Waals surface area contributed by atoms with E-state index in [1.807, 2.05) is 0 Å². The van der Waals surface area contributed by atoms with Crippen LogP contribution in [-0.4, -0.2) is 26.8 Å². The predicted molar refractivity (Wildman–Crippen MR) is 84.7 cm³/mol. The predicted octanol–water partition coefficient (Wildman–Crippen LogP) is 2.89. The van der Waals surface area contributed by atoms with Crippen molar-refractivity contribution in [2.75, 3.05) is 13.2 Å². The van der Waals surface area contributed by atoms with Gasteiger partial charge >= 0.3 is 0 Å². The first kappa shape index (κ1) is 14.8. The average molecular weight is 277 g/mol. The van der Waals surface area contributed by atoms with Gasteiger partial charge in [-0.25, -0.2) is 0 Å². The van der Waals surface area contributed by atoms with Crippen LogP contribution in [0.25, 0.3) is 0 Å². The Balaban J connectivity index is 1.93. The maximum absolute atomic E-state index is 5.43. The summed E-state index contributed by atoms with van der Waals surface area (Å²) in [7, 11) is -1.16. The molecule has 2 rings (SSSR count). The number of nitrogens with one attached hydrogen (secondary N) is 1. The minimum atomic E-state index is -1.16. The normalized spacial score (nSPS) is 19.4. The smallest absolute Gasteiger partial charge is 0.0775 e. The van der Waals surface area contributed by atoms with Gasteiger partial charge in [0.1, 0.15) is 0 Å². The number of benzene rings is 1. The van der Waals surface area contributed by atoms with Gasteiger partial charge in [-0.15, -0.1) is 0 Å². The molecular formula is C16H27NOSi. The highest BCUT2D eigenvalue weighted by Gasteiger charge is 2.26. The zero-order valence-electron chi connectivity index (χ0n) is 12.8. The van der Waals surface area contributed by atoms with Crippen molar-refractivity contribution in [3.63, 3.8) is 0 Å². The Morgan fingerprint density at radius 1 is 1.11 bits per heavy atom. The second kappa shape index (κ2) is 5.78. The van der Waals surface area contributed by atoms with Crippen molar-refractivity contribution < 1.29 is 4.74 Å². The molecule has 1 aromatic carbocycles. The van der Waals surface area contributed by atoms with Crippen LogP contribution in [0.5, 0.6) is 0 Å². The van der Waals surface area contributed by atoms with Crippen LogP contribution in [-0.2, 0) is 11.3 Å². The molecular weight excluding hydrogens is 250 g/mol. The van der Waals surface area contributed by atoms with E-state index >= 15 is 0 Å². The Kier molecular flexibility index (Phi) is 4.49. The Bertz CT molecular complexity index is 402. The largest absolute Gasteiger partial charge is 0.381 e. The minimum absolute atomic E-state index is 0.246. The summed E-state index contributed by atoms with van der Waals surface area (Å²) >= 11 is 0. The van der Waals surface area contributed by atoms with Crippen molar-refractivity contribution in [3.05, 3.63) is 29.8 Å². The molecule has 19 heavy (non-hydrogen) atoms. The van der Waals surface area contributed by atoms with Crippen molar-refractivity contribution in [2.45, 2.75) is 51.5 Å². The third kappa shape index (κ3) is 4.16. The van der Waals surface area contributed by atoms with Crippen molar-refractivity contribution in [1.82, 2.24) is 5.32 Å². The molecule has 1 fully saturated rings. The highest BCUT2D eigenvalue weighted by Crippen LogP contribution is 2.20.